The SMILES string of the molecule is [2H]C([2H])(C1CCOCC1)N1C[C@H]2CC(Nc3nnc(-c4cc(F)ccc4C)c4sccc34)C[C@H]2C1. The van der Waals surface area contributed by atoms with Crippen molar-refractivity contribution in [2.45, 2.75) is 38.6 Å². The van der Waals surface area contributed by atoms with Gasteiger partial charge in [-0.2, -0.15) is 0 Å². The van der Waals surface area contributed by atoms with Crippen molar-refractivity contribution in [3.8, 4) is 11.3 Å². The molecule has 1 unspecified atom stereocenters. The van der Waals surface area contributed by atoms with Gasteiger partial charge in [-0.1, -0.05) is 6.07 Å². The number of fused-ring (bicyclic) bond motifs is 2. The lowest BCUT2D eigenvalue weighted by Gasteiger charge is -2.27. The molecule has 1 aliphatic carbocycles. The largest absolute Gasteiger partial charge is 0.381 e. The standard InChI is InChI=1S/C26H31FN4OS/c1-16-2-3-20(27)12-23(16)24-25-22(6-9-33-25)26(30-29-24)28-21-10-18-14-31(15-19(18)11-21)13-17-4-7-32-8-5-17/h2-3,6,9,12,17-19,21H,4-5,7-8,10-11,13-15H2,1H3,(H,28,30)/t18-,19+,21?/i13D2. The fraction of sp³-hybridized carbons (Fsp3) is 0.538. The lowest BCUT2D eigenvalue weighted by molar-refractivity contribution is 0.0545. The molecule has 3 aliphatic rings. The first-order valence-electron chi connectivity index (χ1n) is 13.0. The Balaban J connectivity index is 1.16. The predicted molar refractivity (Wildman–Crippen MR) is 131 cm³/mol. The number of benzene rings is 1. The highest BCUT2D eigenvalue weighted by Crippen LogP contribution is 2.41. The quantitative estimate of drug-likeness (QED) is 0.547. The van der Waals surface area contributed by atoms with Crippen molar-refractivity contribution in [3.63, 3.8) is 0 Å². The fourth-order valence-electron chi connectivity index (χ4n) is 5.81. The average Bonchev–Trinajstić information content (AvgIpc) is 3.57. The zero-order valence-electron chi connectivity index (χ0n) is 20.9. The van der Waals surface area contributed by atoms with Gasteiger partial charge in [-0.15, -0.1) is 21.5 Å². The van der Waals surface area contributed by atoms with Crippen LogP contribution in [-0.4, -0.2) is 53.9 Å². The summed E-state index contributed by atoms with van der Waals surface area (Å²) in [6.45, 7) is 3.71. The predicted octanol–water partition coefficient (Wildman–Crippen LogP) is 5.35. The summed E-state index contributed by atoms with van der Waals surface area (Å²) in [5.41, 5.74) is 2.49. The van der Waals surface area contributed by atoms with Gasteiger partial charge < -0.3 is 15.0 Å². The molecule has 4 heterocycles. The smallest absolute Gasteiger partial charge is 0.157 e. The number of nitrogens with zero attached hydrogens (tertiary/aromatic N) is 3. The van der Waals surface area contributed by atoms with Crippen LogP contribution in [0.3, 0.4) is 0 Å². The topological polar surface area (TPSA) is 50.3 Å². The molecule has 3 aromatic rings. The molecule has 174 valence electrons. The molecule has 6 rings (SSSR count). The fourth-order valence-corrected chi connectivity index (χ4v) is 6.71. The highest BCUT2D eigenvalue weighted by Gasteiger charge is 2.41. The van der Waals surface area contributed by atoms with Crippen molar-refractivity contribution < 1.29 is 11.9 Å². The molecule has 2 aromatic heterocycles. The summed E-state index contributed by atoms with van der Waals surface area (Å²) in [6, 6.07) is 7.16. The molecule has 33 heavy (non-hydrogen) atoms. The Hall–Kier alpha value is -2.09. The van der Waals surface area contributed by atoms with Crippen LogP contribution in [0.25, 0.3) is 21.3 Å². The summed E-state index contributed by atoms with van der Waals surface area (Å²) in [7, 11) is 0. The van der Waals surface area contributed by atoms with Gasteiger partial charge in [0.2, 0.25) is 0 Å². The van der Waals surface area contributed by atoms with Crippen molar-refractivity contribution in [3.05, 3.63) is 41.0 Å². The first kappa shape index (κ1) is 19.2. The number of halogens is 1. The zero-order valence-corrected chi connectivity index (χ0v) is 19.7. The first-order valence-corrected chi connectivity index (χ1v) is 12.9. The minimum atomic E-state index is -1.25. The maximum atomic E-state index is 13.9. The van der Waals surface area contributed by atoms with Gasteiger partial charge in [0.1, 0.15) is 11.5 Å². The number of thiophene rings is 1. The van der Waals surface area contributed by atoms with Crippen LogP contribution in [0.15, 0.2) is 29.6 Å². The highest BCUT2D eigenvalue weighted by molar-refractivity contribution is 7.17. The number of aromatic nitrogens is 2. The van der Waals surface area contributed by atoms with E-state index in [0.29, 0.717) is 31.1 Å². The van der Waals surface area contributed by atoms with Gasteiger partial charge in [0.15, 0.2) is 5.82 Å². The van der Waals surface area contributed by atoms with Crippen LogP contribution < -0.4 is 5.32 Å². The van der Waals surface area contributed by atoms with Crippen LogP contribution in [0.5, 0.6) is 0 Å². The molecule has 1 saturated carbocycles. The Morgan fingerprint density at radius 3 is 2.76 bits per heavy atom. The van der Waals surface area contributed by atoms with E-state index >= 15 is 0 Å². The summed E-state index contributed by atoms with van der Waals surface area (Å²) in [4.78, 5) is 2.10. The van der Waals surface area contributed by atoms with Gasteiger partial charge in [-0.3, -0.25) is 0 Å². The molecule has 2 saturated heterocycles. The Morgan fingerprint density at radius 2 is 1.97 bits per heavy atom. The maximum absolute atomic E-state index is 13.9. The Bertz CT molecular complexity index is 1220. The molecule has 2 aliphatic heterocycles. The van der Waals surface area contributed by atoms with Gasteiger partial charge in [-0.25, -0.2) is 4.39 Å². The molecule has 7 heteroatoms. The molecule has 0 radical (unpaired) electrons. The Kier molecular flexibility index (Phi) is 5.21. The number of hydrogen-bond donors (Lipinski definition) is 1. The second-order valence-corrected chi connectivity index (χ2v) is 10.7. The lowest BCUT2D eigenvalue weighted by atomic mass is 10.00. The van der Waals surface area contributed by atoms with Crippen molar-refractivity contribution in [1.29, 1.82) is 0 Å². The maximum Gasteiger partial charge on any atom is 0.157 e. The molecule has 1 aromatic carbocycles. The van der Waals surface area contributed by atoms with E-state index in [1.165, 1.54) is 12.1 Å². The number of nitrogens with one attached hydrogen (secondary N) is 1. The number of aryl methyl sites for hydroxylation is 1. The molecular weight excluding hydrogens is 435 g/mol. The van der Waals surface area contributed by atoms with Gasteiger partial charge in [0.25, 0.3) is 0 Å². The molecule has 0 amide bonds. The van der Waals surface area contributed by atoms with Gasteiger partial charge in [-0.05, 0) is 79.5 Å². The van der Waals surface area contributed by atoms with Crippen molar-refractivity contribution in [1.82, 2.24) is 15.1 Å². The summed E-state index contributed by atoms with van der Waals surface area (Å²) in [6.07, 6.45) is 3.65. The van der Waals surface area contributed by atoms with Crippen LogP contribution in [0, 0.1) is 30.5 Å². The van der Waals surface area contributed by atoms with Crippen molar-refractivity contribution >= 4 is 27.2 Å². The second-order valence-electron chi connectivity index (χ2n) is 9.77. The number of ether oxygens (including phenoxy) is 1. The van der Waals surface area contributed by atoms with Crippen LogP contribution in [0.1, 0.15) is 34.0 Å². The van der Waals surface area contributed by atoms with Gasteiger partial charge in [0.05, 0.1) is 4.70 Å². The Morgan fingerprint density at radius 1 is 1.18 bits per heavy atom. The van der Waals surface area contributed by atoms with E-state index in [9.17, 15) is 4.39 Å². The third kappa shape index (κ3) is 4.27. The van der Waals surface area contributed by atoms with E-state index in [2.05, 4.69) is 26.5 Å². The third-order valence-electron chi connectivity index (χ3n) is 7.52. The second kappa shape index (κ2) is 8.93. The minimum absolute atomic E-state index is 0.0615. The summed E-state index contributed by atoms with van der Waals surface area (Å²) in [5.74, 6) is 1.59. The van der Waals surface area contributed by atoms with Crippen LogP contribution in [-0.2, 0) is 4.74 Å². The number of likely N-dealkylation sites (tertiary alicyclic amines) is 1. The molecular formula is C26H31FN4OS. The van der Waals surface area contributed by atoms with E-state index in [0.717, 1.165) is 71.5 Å². The average molecular weight is 469 g/mol. The minimum Gasteiger partial charge on any atom is -0.381 e. The number of hydrogen-bond acceptors (Lipinski definition) is 6. The van der Waals surface area contributed by atoms with Crippen LogP contribution in [0.4, 0.5) is 10.2 Å². The lowest BCUT2D eigenvalue weighted by Crippen LogP contribution is -2.32. The van der Waals surface area contributed by atoms with Gasteiger partial charge >= 0.3 is 0 Å². The highest BCUT2D eigenvalue weighted by atomic mass is 32.1. The monoisotopic (exact) mass is 468 g/mol. The number of rotatable bonds is 5. The summed E-state index contributed by atoms with van der Waals surface area (Å²) >= 11 is 1.61. The van der Waals surface area contributed by atoms with E-state index in [1.54, 1.807) is 17.4 Å². The van der Waals surface area contributed by atoms with Crippen LogP contribution in [0.2, 0.25) is 0 Å². The van der Waals surface area contributed by atoms with Crippen molar-refractivity contribution in [2.24, 2.45) is 17.8 Å². The third-order valence-corrected chi connectivity index (χ3v) is 8.44. The first-order chi connectivity index (χ1) is 16.9. The molecule has 0 bridgehead atoms. The van der Waals surface area contributed by atoms with E-state index in [4.69, 9.17) is 7.48 Å². The van der Waals surface area contributed by atoms with E-state index in [1.807, 2.05) is 12.3 Å². The molecule has 0 spiro atoms. The van der Waals surface area contributed by atoms with Gasteiger partial charge in [0, 0.05) is 52.5 Å². The Labute approximate surface area is 201 Å². The zero-order chi connectivity index (χ0) is 24.2. The molecule has 3 fully saturated rings. The van der Waals surface area contributed by atoms with E-state index < -0.39 is 6.50 Å². The summed E-state index contributed by atoms with van der Waals surface area (Å²) in [5, 5.41) is 15.8. The molecule has 1 N–H and O–H groups in total. The van der Waals surface area contributed by atoms with Crippen molar-refractivity contribution in [2.75, 3.05) is 38.1 Å². The normalized spacial score (nSPS) is 27.5. The van der Waals surface area contributed by atoms with E-state index in [-0.39, 0.29) is 11.7 Å². The molecule has 5 nitrogen and oxygen atoms in total. The molecule has 3 atom stereocenters. The summed E-state index contributed by atoms with van der Waals surface area (Å²) < 4.78 is 38.0. The van der Waals surface area contributed by atoms with Crippen LogP contribution >= 0.6 is 11.3 Å². The number of anilines is 1.